The SMILES string of the molecule is CC(C)(C)OC(=O)N1CC[C@@H]2CN(c3cccnc3C(F)(F)F)C[C@@H]2C1. The highest BCUT2D eigenvalue weighted by Gasteiger charge is 2.43. The van der Waals surface area contributed by atoms with Gasteiger partial charge in [-0.2, -0.15) is 13.2 Å². The summed E-state index contributed by atoms with van der Waals surface area (Å²) in [6.45, 7) is 7.57. The number of alkyl halides is 3. The summed E-state index contributed by atoms with van der Waals surface area (Å²) in [6, 6.07) is 3.00. The molecule has 1 amide bonds. The maximum absolute atomic E-state index is 13.2. The quantitative estimate of drug-likeness (QED) is 0.753. The molecular weight excluding hydrogens is 347 g/mol. The van der Waals surface area contributed by atoms with E-state index in [9.17, 15) is 18.0 Å². The summed E-state index contributed by atoms with van der Waals surface area (Å²) < 4.78 is 45.1. The molecule has 0 unspecified atom stereocenters. The van der Waals surface area contributed by atoms with Gasteiger partial charge in [0.25, 0.3) is 0 Å². The van der Waals surface area contributed by atoms with E-state index in [2.05, 4.69) is 4.98 Å². The van der Waals surface area contributed by atoms with E-state index >= 15 is 0 Å². The molecule has 5 nitrogen and oxygen atoms in total. The lowest BCUT2D eigenvalue weighted by Gasteiger charge is -2.35. The second kappa shape index (κ2) is 6.63. The van der Waals surface area contributed by atoms with Crippen LogP contribution in [0.1, 0.15) is 32.9 Å². The van der Waals surface area contributed by atoms with Crippen molar-refractivity contribution in [1.29, 1.82) is 0 Å². The number of likely N-dealkylation sites (tertiary alicyclic amines) is 1. The monoisotopic (exact) mass is 371 g/mol. The Morgan fingerprint density at radius 1 is 1.19 bits per heavy atom. The summed E-state index contributed by atoms with van der Waals surface area (Å²) in [6.07, 6.45) is -2.90. The van der Waals surface area contributed by atoms with Crippen molar-refractivity contribution < 1.29 is 22.7 Å². The number of hydrogen-bond acceptors (Lipinski definition) is 4. The van der Waals surface area contributed by atoms with Gasteiger partial charge in [-0.05, 0) is 51.2 Å². The van der Waals surface area contributed by atoms with Gasteiger partial charge in [-0.3, -0.25) is 0 Å². The average molecular weight is 371 g/mol. The van der Waals surface area contributed by atoms with Crippen LogP contribution < -0.4 is 4.90 Å². The molecule has 0 spiro atoms. The van der Waals surface area contributed by atoms with Gasteiger partial charge in [0, 0.05) is 32.4 Å². The number of anilines is 1. The van der Waals surface area contributed by atoms with Gasteiger partial charge in [0.05, 0.1) is 5.69 Å². The Balaban J connectivity index is 1.71. The predicted octanol–water partition coefficient (Wildman–Crippen LogP) is 3.79. The number of carbonyl (C=O) groups is 1. The Bertz CT molecular complexity index is 672. The fourth-order valence-electron chi connectivity index (χ4n) is 3.73. The molecular formula is C18H24F3N3O2. The molecule has 2 saturated heterocycles. The largest absolute Gasteiger partial charge is 0.444 e. The zero-order chi connectivity index (χ0) is 19.1. The smallest absolute Gasteiger partial charge is 0.435 e. The number of rotatable bonds is 1. The van der Waals surface area contributed by atoms with Crippen LogP contribution in [-0.2, 0) is 10.9 Å². The van der Waals surface area contributed by atoms with Crippen molar-refractivity contribution in [2.24, 2.45) is 11.8 Å². The number of halogens is 3. The minimum Gasteiger partial charge on any atom is -0.444 e. The number of aromatic nitrogens is 1. The number of hydrogen-bond donors (Lipinski definition) is 0. The number of pyridine rings is 1. The van der Waals surface area contributed by atoms with Crippen molar-refractivity contribution >= 4 is 11.8 Å². The van der Waals surface area contributed by atoms with E-state index in [0.29, 0.717) is 26.2 Å². The first kappa shape index (κ1) is 18.8. The lowest BCUT2D eigenvalue weighted by molar-refractivity contribution is -0.140. The molecule has 2 atom stereocenters. The number of piperidine rings is 1. The third kappa shape index (κ3) is 4.04. The Morgan fingerprint density at radius 2 is 1.88 bits per heavy atom. The first-order valence-electron chi connectivity index (χ1n) is 8.79. The van der Waals surface area contributed by atoms with Crippen molar-refractivity contribution in [3.8, 4) is 0 Å². The summed E-state index contributed by atoms with van der Waals surface area (Å²) in [5.74, 6) is 0.410. The lowest BCUT2D eigenvalue weighted by atomic mass is 9.89. The topological polar surface area (TPSA) is 45.7 Å². The van der Waals surface area contributed by atoms with Crippen LogP contribution in [0.4, 0.5) is 23.7 Å². The Morgan fingerprint density at radius 3 is 2.54 bits per heavy atom. The van der Waals surface area contributed by atoms with Gasteiger partial charge < -0.3 is 14.5 Å². The molecule has 0 saturated carbocycles. The Hall–Kier alpha value is -1.99. The standard InChI is InChI=1S/C18H24F3N3O2/c1-17(2,3)26-16(25)23-8-6-12-9-24(11-13(12)10-23)14-5-4-7-22-15(14)18(19,20)21/h4-5,7,12-13H,6,8-11H2,1-3H3/t12-,13+/m1/s1. The highest BCUT2D eigenvalue weighted by molar-refractivity contribution is 5.68. The van der Waals surface area contributed by atoms with E-state index in [-0.39, 0.29) is 23.6 Å². The maximum Gasteiger partial charge on any atom is 0.435 e. The fraction of sp³-hybridized carbons (Fsp3) is 0.667. The summed E-state index contributed by atoms with van der Waals surface area (Å²) in [5, 5.41) is 0. The number of carbonyl (C=O) groups excluding carboxylic acids is 1. The lowest BCUT2D eigenvalue weighted by Crippen LogP contribution is -2.45. The van der Waals surface area contributed by atoms with Crippen molar-refractivity contribution in [3.05, 3.63) is 24.0 Å². The molecule has 0 radical (unpaired) electrons. The molecule has 8 heteroatoms. The second-order valence-corrected chi connectivity index (χ2v) is 8.01. The average Bonchev–Trinajstić information content (AvgIpc) is 2.95. The molecule has 2 aliphatic rings. The molecule has 0 N–H and O–H groups in total. The number of ether oxygens (including phenoxy) is 1. The van der Waals surface area contributed by atoms with Crippen LogP contribution in [0.5, 0.6) is 0 Å². The summed E-state index contributed by atoms with van der Waals surface area (Å²) in [7, 11) is 0. The summed E-state index contributed by atoms with van der Waals surface area (Å²) in [4.78, 5) is 19.2. The van der Waals surface area contributed by atoms with E-state index in [1.807, 2.05) is 20.8 Å². The molecule has 1 aromatic heterocycles. The van der Waals surface area contributed by atoms with Crippen LogP contribution in [0, 0.1) is 11.8 Å². The minimum absolute atomic E-state index is 0.123. The Kier molecular flexibility index (Phi) is 4.79. The van der Waals surface area contributed by atoms with Gasteiger partial charge in [0.2, 0.25) is 0 Å². The molecule has 144 valence electrons. The third-order valence-electron chi connectivity index (χ3n) is 4.85. The summed E-state index contributed by atoms with van der Waals surface area (Å²) in [5.41, 5.74) is -1.28. The molecule has 26 heavy (non-hydrogen) atoms. The molecule has 0 bridgehead atoms. The van der Waals surface area contributed by atoms with E-state index in [1.54, 1.807) is 9.80 Å². The Labute approximate surface area is 151 Å². The van der Waals surface area contributed by atoms with Gasteiger partial charge in [-0.25, -0.2) is 9.78 Å². The second-order valence-electron chi connectivity index (χ2n) is 8.01. The first-order valence-corrected chi connectivity index (χ1v) is 8.79. The molecule has 2 aliphatic heterocycles. The van der Waals surface area contributed by atoms with Crippen LogP contribution in [0.15, 0.2) is 18.3 Å². The van der Waals surface area contributed by atoms with Gasteiger partial charge >= 0.3 is 12.3 Å². The van der Waals surface area contributed by atoms with Gasteiger partial charge in [-0.1, -0.05) is 0 Å². The van der Waals surface area contributed by atoms with Crippen molar-refractivity contribution in [2.45, 2.75) is 39.0 Å². The van der Waals surface area contributed by atoms with E-state index < -0.39 is 17.5 Å². The molecule has 2 fully saturated rings. The first-order chi connectivity index (χ1) is 12.0. The molecule has 3 rings (SSSR count). The normalized spacial score (nSPS) is 23.8. The van der Waals surface area contributed by atoms with Crippen LogP contribution in [0.2, 0.25) is 0 Å². The minimum atomic E-state index is -4.48. The fourth-order valence-corrected chi connectivity index (χ4v) is 3.73. The number of nitrogens with zero attached hydrogens (tertiary/aromatic N) is 3. The highest BCUT2D eigenvalue weighted by Crippen LogP contribution is 2.39. The van der Waals surface area contributed by atoms with Crippen molar-refractivity contribution in [2.75, 3.05) is 31.1 Å². The zero-order valence-electron chi connectivity index (χ0n) is 15.2. The van der Waals surface area contributed by atoms with Crippen molar-refractivity contribution in [3.63, 3.8) is 0 Å². The number of amides is 1. The molecule has 3 heterocycles. The van der Waals surface area contributed by atoms with Crippen LogP contribution in [-0.4, -0.2) is 47.8 Å². The van der Waals surface area contributed by atoms with Gasteiger partial charge in [-0.15, -0.1) is 0 Å². The summed E-state index contributed by atoms with van der Waals surface area (Å²) >= 11 is 0. The molecule has 0 aliphatic carbocycles. The molecule has 0 aromatic carbocycles. The zero-order valence-corrected chi connectivity index (χ0v) is 15.2. The highest BCUT2D eigenvalue weighted by atomic mass is 19.4. The maximum atomic E-state index is 13.2. The van der Waals surface area contributed by atoms with Crippen LogP contribution in [0.3, 0.4) is 0 Å². The van der Waals surface area contributed by atoms with E-state index in [4.69, 9.17) is 4.74 Å². The number of fused-ring (bicyclic) bond motifs is 1. The van der Waals surface area contributed by atoms with E-state index in [1.165, 1.54) is 18.3 Å². The van der Waals surface area contributed by atoms with Crippen molar-refractivity contribution in [1.82, 2.24) is 9.88 Å². The molecule has 1 aromatic rings. The van der Waals surface area contributed by atoms with Gasteiger partial charge in [0.1, 0.15) is 5.60 Å². The van der Waals surface area contributed by atoms with Gasteiger partial charge in [0.15, 0.2) is 5.69 Å². The third-order valence-corrected chi connectivity index (χ3v) is 4.85. The van der Waals surface area contributed by atoms with Crippen LogP contribution >= 0.6 is 0 Å². The predicted molar refractivity (Wildman–Crippen MR) is 90.9 cm³/mol. The van der Waals surface area contributed by atoms with Crippen LogP contribution in [0.25, 0.3) is 0 Å². The van der Waals surface area contributed by atoms with E-state index in [0.717, 1.165) is 6.42 Å².